The lowest BCUT2D eigenvalue weighted by Gasteiger charge is -2.54. The molecule has 1 saturated carbocycles. The van der Waals surface area contributed by atoms with Gasteiger partial charge in [-0.05, 0) is 32.6 Å². The van der Waals surface area contributed by atoms with E-state index in [-0.39, 0.29) is 12.0 Å². The Balaban J connectivity index is 2.05. The SMILES string of the molecule is C[C@@H](O)[C@@H](C(N)=O)N1CC2(CCC(O)CC2)C1=O. The molecule has 2 fully saturated rings. The van der Waals surface area contributed by atoms with Crippen molar-refractivity contribution in [1.82, 2.24) is 4.90 Å². The van der Waals surface area contributed by atoms with Gasteiger partial charge in [-0.3, -0.25) is 9.59 Å². The number of carbonyl (C=O) groups is 2. The second-order valence-corrected chi connectivity index (χ2v) is 5.53. The second-order valence-electron chi connectivity index (χ2n) is 5.53. The lowest BCUT2D eigenvalue weighted by molar-refractivity contribution is -0.176. The minimum Gasteiger partial charge on any atom is -0.393 e. The van der Waals surface area contributed by atoms with Gasteiger partial charge < -0.3 is 20.8 Å². The summed E-state index contributed by atoms with van der Waals surface area (Å²) in [6.45, 7) is 1.91. The number of amides is 2. The van der Waals surface area contributed by atoms with Crippen LogP contribution in [0, 0.1) is 5.41 Å². The number of β-lactam (4-membered cyclic amide) rings is 1. The second kappa shape index (κ2) is 4.51. The Hall–Kier alpha value is -1.14. The Morgan fingerprint density at radius 1 is 1.50 bits per heavy atom. The van der Waals surface area contributed by atoms with E-state index in [0.717, 1.165) is 0 Å². The number of aliphatic hydroxyl groups excluding tert-OH is 2. The van der Waals surface area contributed by atoms with Gasteiger partial charge in [0, 0.05) is 6.54 Å². The molecule has 2 aliphatic rings. The van der Waals surface area contributed by atoms with Crippen molar-refractivity contribution in [2.24, 2.45) is 11.1 Å². The largest absolute Gasteiger partial charge is 0.393 e. The number of likely N-dealkylation sites (tertiary alicyclic amines) is 1. The monoisotopic (exact) mass is 256 g/mol. The predicted octanol–water partition coefficient (Wildman–Crippen LogP) is -1.02. The quantitative estimate of drug-likeness (QED) is 0.562. The first-order chi connectivity index (χ1) is 8.37. The van der Waals surface area contributed by atoms with Gasteiger partial charge in [0.25, 0.3) is 0 Å². The Morgan fingerprint density at radius 2 is 2.06 bits per heavy atom. The van der Waals surface area contributed by atoms with Crippen molar-refractivity contribution in [2.45, 2.75) is 50.9 Å². The highest BCUT2D eigenvalue weighted by Gasteiger charge is 2.56. The average molecular weight is 256 g/mol. The van der Waals surface area contributed by atoms with Crippen molar-refractivity contribution in [1.29, 1.82) is 0 Å². The van der Waals surface area contributed by atoms with Crippen molar-refractivity contribution in [3.63, 3.8) is 0 Å². The number of carbonyl (C=O) groups excluding carboxylic acids is 2. The lowest BCUT2D eigenvalue weighted by atomic mass is 9.66. The number of nitrogens with zero attached hydrogens (tertiary/aromatic N) is 1. The van der Waals surface area contributed by atoms with Crippen molar-refractivity contribution >= 4 is 11.8 Å². The highest BCUT2D eigenvalue weighted by Crippen LogP contribution is 2.46. The van der Waals surface area contributed by atoms with Crippen LogP contribution in [0.1, 0.15) is 32.6 Å². The van der Waals surface area contributed by atoms with Crippen LogP contribution in [0.25, 0.3) is 0 Å². The highest BCUT2D eigenvalue weighted by molar-refractivity contribution is 5.94. The molecule has 6 nitrogen and oxygen atoms in total. The summed E-state index contributed by atoms with van der Waals surface area (Å²) in [5.74, 6) is -0.789. The van der Waals surface area contributed by atoms with Gasteiger partial charge in [0.2, 0.25) is 11.8 Å². The number of aliphatic hydroxyl groups is 2. The topological polar surface area (TPSA) is 104 Å². The summed E-state index contributed by atoms with van der Waals surface area (Å²) in [6.07, 6.45) is 1.26. The first-order valence-corrected chi connectivity index (χ1v) is 6.34. The van der Waals surface area contributed by atoms with Crippen LogP contribution in [-0.4, -0.2) is 51.7 Å². The van der Waals surface area contributed by atoms with E-state index in [4.69, 9.17) is 5.73 Å². The fourth-order valence-electron chi connectivity index (χ4n) is 3.08. The molecule has 1 aliphatic heterocycles. The third kappa shape index (κ3) is 1.99. The molecule has 2 atom stereocenters. The molecule has 0 aromatic heterocycles. The summed E-state index contributed by atoms with van der Waals surface area (Å²) in [5, 5.41) is 19.0. The van der Waals surface area contributed by atoms with E-state index in [9.17, 15) is 19.8 Å². The maximum Gasteiger partial charge on any atom is 0.242 e. The molecule has 1 aliphatic carbocycles. The summed E-state index contributed by atoms with van der Waals surface area (Å²) in [5.41, 5.74) is 4.79. The lowest BCUT2D eigenvalue weighted by Crippen LogP contribution is -2.69. The summed E-state index contributed by atoms with van der Waals surface area (Å²) in [6, 6.07) is -0.935. The van der Waals surface area contributed by atoms with E-state index in [1.807, 2.05) is 0 Å². The summed E-state index contributed by atoms with van der Waals surface area (Å²) in [7, 11) is 0. The Morgan fingerprint density at radius 3 is 2.44 bits per heavy atom. The molecule has 1 saturated heterocycles. The van der Waals surface area contributed by atoms with Crippen LogP contribution in [0.15, 0.2) is 0 Å². The first-order valence-electron chi connectivity index (χ1n) is 6.34. The minimum absolute atomic E-state index is 0.112. The van der Waals surface area contributed by atoms with Crippen molar-refractivity contribution in [2.75, 3.05) is 6.54 Å². The molecule has 1 spiro atoms. The zero-order valence-electron chi connectivity index (χ0n) is 10.5. The zero-order chi connectivity index (χ0) is 13.5. The fraction of sp³-hybridized carbons (Fsp3) is 0.833. The number of hydrogen-bond acceptors (Lipinski definition) is 4. The van der Waals surface area contributed by atoms with Gasteiger partial charge in [0.15, 0.2) is 0 Å². The van der Waals surface area contributed by atoms with Crippen LogP contribution in [0.2, 0.25) is 0 Å². The summed E-state index contributed by atoms with van der Waals surface area (Å²) >= 11 is 0. The molecule has 102 valence electrons. The minimum atomic E-state index is -0.960. The molecule has 18 heavy (non-hydrogen) atoms. The molecule has 6 heteroatoms. The molecule has 0 aromatic rings. The van der Waals surface area contributed by atoms with E-state index in [1.165, 1.54) is 11.8 Å². The average Bonchev–Trinajstić information content (AvgIpc) is 2.30. The molecule has 0 radical (unpaired) electrons. The molecule has 0 aromatic carbocycles. The molecule has 2 rings (SSSR count). The van der Waals surface area contributed by atoms with Crippen molar-refractivity contribution in [3.8, 4) is 0 Å². The molecule has 1 heterocycles. The van der Waals surface area contributed by atoms with Gasteiger partial charge in [-0.1, -0.05) is 0 Å². The van der Waals surface area contributed by atoms with E-state index < -0.39 is 23.5 Å². The Kier molecular flexibility index (Phi) is 3.33. The molecule has 0 unspecified atom stereocenters. The Labute approximate surface area is 106 Å². The van der Waals surface area contributed by atoms with Gasteiger partial charge in [-0.2, -0.15) is 0 Å². The van der Waals surface area contributed by atoms with Crippen LogP contribution in [0.3, 0.4) is 0 Å². The van der Waals surface area contributed by atoms with Crippen LogP contribution in [0.5, 0.6) is 0 Å². The number of hydrogen-bond donors (Lipinski definition) is 3. The van der Waals surface area contributed by atoms with Crippen LogP contribution in [-0.2, 0) is 9.59 Å². The predicted molar refractivity (Wildman–Crippen MR) is 63.3 cm³/mol. The normalized spacial score (nSPS) is 35.2. The zero-order valence-corrected chi connectivity index (χ0v) is 10.5. The standard InChI is InChI=1S/C12H20N2O4/c1-7(15)9(10(13)17)14-6-12(11(14)18)4-2-8(16)3-5-12/h7-9,15-16H,2-6H2,1H3,(H2,13,17)/t7-,8?,9+,12?/m1/s1. The van der Waals surface area contributed by atoms with Gasteiger partial charge in [0.05, 0.1) is 17.6 Å². The Bertz CT molecular complexity index is 361. The highest BCUT2D eigenvalue weighted by atomic mass is 16.3. The third-order valence-electron chi connectivity index (χ3n) is 4.18. The van der Waals surface area contributed by atoms with Gasteiger partial charge in [-0.25, -0.2) is 0 Å². The molecule has 2 amide bonds. The van der Waals surface area contributed by atoms with E-state index in [1.54, 1.807) is 0 Å². The summed E-state index contributed by atoms with van der Waals surface area (Å²) in [4.78, 5) is 24.9. The first kappa shape index (κ1) is 13.3. The number of rotatable bonds is 3. The van der Waals surface area contributed by atoms with Crippen LogP contribution >= 0.6 is 0 Å². The van der Waals surface area contributed by atoms with E-state index in [0.29, 0.717) is 32.2 Å². The smallest absolute Gasteiger partial charge is 0.242 e. The van der Waals surface area contributed by atoms with Crippen LogP contribution < -0.4 is 5.73 Å². The maximum atomic E-state index is 12.2. The molecular formula is C12H20N2O4. The fourth-order valence-corrected chi connectivity index (χ4v) is 3.08. The molecule has 4 N–H and O–H groups in total. The van der Waals surface area contributed by atoms with Gasteiger partial charge in [0.1, 0.15) is 6.04 Å². The van der Waals surface area contributed by atoms with Crippen molar-refractivity contribution < 1.29 is 19.8 Å². The van der Waals surface area contributed by atoms with Gasteiger partial charge in [-0.15, -0.1) is 0 Å². The summed E-state index contributed by atoms with van der Waals surface area (Å²) < 4.78 is 0. The van der Waals surface area contributed by atoms with E-state index >= 15 is 0 Å². The molecular weight excluding hydrogens is 236 g/mol. The third-order valence-corrected chi connectivity index (χ3v) is 4.18. The van der Waals surface area contributed by atoms with Gasteiger partial charge >= 0.3 is 0 Å². The van der Waals surface area contributed by atoms with Crippen LogP contribution in [0.4, 0.5) is 0 Å². The maximum absolute atomic E-state index is 12.2. The molecule has 0 bridgehead atoms. The van der Waals surface area contributed by atoms with E-state index in [2.05, 4.69) is 0 Å². The number of primary amides is 1. The number of nitrogens with two attached hydrogens (primary N) is 1. The van der Waals surface area contributed by atoms with Crippen molar-refractivity contribution in [3.05, 3.63) is 0 Å².